The molecule has 1 unspecified atom stereocenters. The van der Waals surface area contributed by atoms with E-state index in [2.05, 4.69) is 0 Å². The van der Waals surface area contributed by atoms with Crippen LogP contribution < -0.4 is 5.73 Å². The largest absolute Gasteiger partial charge is 0.326 e. The fourth-order valence-electron chi connectivity index (χ4n) is 2.88. The maximum absolute atomic E-state index is 12.4. The van der Waals surface area contributed by atoms with Crippen LogP contribution in [0.25, 0.3) is 0 Å². The summed E-state index contributed by atoms with van der Waals surface area (Å²) in [5, 5.41) is 0. The third-order valence-corrected chi connectivity index (χ3v) is 6.23. The first kappa shape index (κ1) is 13.3. The van der Waals surface area contributed by atoms with Crippen molar-refractivity contribution >= 4 is 10.0 Å². The van der Waals surface area contributed by atoms with Gasteiger partial charge in [0.05, 0.1) is 5.75 Å². The average Bonchev–Trinajstić information content (AvgIpc) is 2.74. The first-order chi connectivity index (χ1) is 7.72. The van der Waals surface area contributed by atoms with E-state index in [1.807, 2.05) is 20.8 Å². The van der Waals surface area contributed by atoms with Gasteiger partial charge in [0.2, 0.25) is 10.0 Å². The second-order valence-electron chi connectivity index (χ2n) is 6.54. The summed E-state index contributed by atoms with van der Waals surface area (Å²) < 4.78 is 26.6. The van der Waals surface area contributed by atoms with Gasteiger partial charge in [-0.25, -0.2) is 8.42 Å². The highest BCUT2D eigenvalue weighted by molar-refractivity contribution is 7.89. The quantitative estimate of drug-likeness (QED) is 0.832. The van der Waals surface area contributed by atoms with Crippen molar-refractivity contribution in [3.8, 4) is 0 Å². The molecule has 0 saturated carbocycles. The highest BCUT2D eigenvalue weighted by atomic mass is 32.2. The van der Waals surface area contributed by atoms with Crippen molar-refractivity contribution in [3.63, 3.8) is 0 Å². The molecule has 2 heterocycles. The summed E-state index contributed by atoms with van der Waals surface area (Å²) >= 11 is 0. The Bertz CT molecular complexity index is 366. The fraction of sp³-hybridized carbons (Fsp3) is 1.00. The van der Waals surface area contributed by atoms with Crippen molar-refractivity contribution < 1.29 is 8.42 Å². The molecule has 0 aromatic heterocycles. The van der Waals surface area contributed by atoms with Crippen LogP contribution in [0.1, 0.15) is 46.5 Å². The van der Waals surface area contributed by atoms with E-state index in [9.17, 15) is 8.42 Å². The SMILES string of the molecule is CC(C)(C)C(N)CS(=O)(=O)N1C2CCC1CC2. The third-order valence-electron chi connectivity index (χ3n) is 4.21. The van der Waals surface area contributed by atoms with Gasteiger partial charge in [0.1, 0.15) is 0 Å². The molecule has 17 heavy (non-hydrogen) atoms. The predicted molar refractivity (Wildman–Crippen MR) is 69.1 cm³/mol. The third kappa shape index (κ3) is 2.51. The summed E-state index contributed by atoms with van der Waals surface area (Å²) in [6.45, 7) is 5.98. The minimum atomic E-state index is -3.17. The lowest BCUT2D eigenvalue weighted by molar-refractivity contribution is 0.329. The molecule has 2 N–H and O–H groups in total. The number of nitrogens with zero attached hydrogens (tertiary/aromatic N) is 1. The van der Waals surface area contributed by atoms with Crippen molar-refractivity contribution in [2.75, 3.05) is 5.75 Å². The Labute approximate surface area is 105 Å². The van der Waals surface area contributed by atoms with Crippen LogP contribution in [0.3, 0.4) is 0 Å². The molecular weight excluding hydrogens is 236 g/mol. The summed E-state index contributed by atoms with van der Waals surface area (Å²) in [5.74, 6) is 0.0868. The molecule has 1 atom stereocenters. The molecule has 2 aliphatic rings. The first-order valence-corrected chi connectivity index (χ1v) is 8.09. The minimum absolute atomic E-state index is 0.0868. The van der Waals surface area contributed by atoms with Gasteiger partial charge in [-0.3, -0.25) is 0 Å². The van der Waals surface area contributed by atoms with Crippen LogP contribution in [-0.4, -0.2) is 36.6 Å². The Morgan fingerprint density at radius 1 is 1.18 bits per heavy atom. The molecule has 0 aromatic rings. The van der Waals surface area contributed by atoms with Crippen molar-refractivity contribution in [2.45, 2.75) is 64.6 Å². The van der Waals surface area contributed by atoms with Gasteiger partial charge in [0.25, 0.3) is 0 Å². The molecule has 5 heteroatoms. The van der Waals surface area contributed by atoms with Crippen molar-refractivity contribution in [2.24, 2.45) is 11.1 Å². The van der Waals surface area contributed by atoms with Crippen LogP contribution in [-0.2, 0) is 10.0 Å². The molecule has 2 bridgehead atoms. The van der Waals surface area contributed by atoms with Gasteiger partial charge in [-0.05, 0) is 31.1 Å². The Hall–Kier alpha value is -0.130. The van der Waals surface area contributed by atoms with Crippen molar-refractivity contribution in [1.82, 2.24) is 4.31 Å². The van der Waals surface area contributed by atoms with E-state index in [1.54, 1.807) is 4.31 Å². The first-order valence-electron chi connectivity index (χ1n) is 6.48. The monoisotopic (exact) mass is 260 g/mol. The summed E-state index contributed by atoms with van der Waals surface area (Å²) in [6, 6.07) is 0.224. The molecular formula is C12H24N2O2S. The van der Waals surface area contributed by atoms with Crippen molar-refractivity contribution in [1.29, 1.82) is 0 Å². The van der Waals surface area contributed by atoms with Gasteiger partial charge >= 0.3 is 0 Å². The highest BCUT2D eigenvalue weighted by Gasteiger charge is 2.46. The van der Waals surface area contributed by atoms with E-state index in [4.69, 9.17) is 5.73 Å². The van der Waals surface area contributed by atoms with Crippen LogP contribution >= 0.6 is 0 Å². The van der Waals surface area contributed by atoms with Crippen molar-refractivity contribution in [3.05, 3.63) is 0 Å². The molecule has 2 fully saturated rings. The van der Waals surface area contributed by atoms with Gasteiger partial charge in [-0.15, -0.1) is 0 Å². The average molecular weight is 260 g/mol. The molecule has 2 saturated heterocycles. The minimum Gasteiger partial charge on any atom is -0.326 e. The second kappa shape index (κ2) is 4.21. The molecule has 0 aromatic carbocycles. The normalized spacial score (nSPS) is 32.0. The zero-order valence-corrected chi connectivity index (χ0v) is 11.8. The number of hydrogen-bond donors (Lipinski definition) is 1. The predicted octanol–water partition coefficient (Wildman–Crippen LogP) is 1.32. The lowest BCUT2D eigenvalue weighted by atomic mass is 9.89. The Balaban J connectivity index is 2.10. The maximum Gasteiger partial charge on any atom is 0.216 e. The summed E-state index contributed by atoms with van der Waals surface area (Å²) in [6.07, 6.45) is 4.15. The number of sulfonamides is 1. The van der Waals surface area contributed by atoms with Gasteiger partial charge < -0.3 is 5.73 Å². The fourth-order valence-corrected chi connectivity index (χ4v) is 5.34. The highest BCUT2D eigenvalue weighted by Crippen LogP contribution is 2.40. The topological polar surface area (TPSA) is 63.4 Å². The smallest absolute Gasteiger partial charge is 0.216 e. The van der Waals surface area contributed by atoms with Crippen LogP contribution in [0, 0.1) is 5.41 Å². The van der Waals surface area contributed by atoms with Crippen LogP contribution in [0.5, 0.6) is 0 Å². The number of rotatable bonds is 3. The molecule has 0 spiro atoms. The van der Waals surface area contributed by atoms with Gasteiger partial charge in [0, 0.05) is 18.1 Å². The van der Waals surface area contributed by atoms with E-state index >= 15 is 0 Å². The Morgan fingerprint density at radius 2 is 1.59 bits per heavy atom. The summed E-state index contributed by atoms with van der Waals surface area (Å²) in [7, 11) is -3.17. The zero-order chi connectivity index (χ0) is 12.8. The lowest BCUT2D eigenvalue weighted by Crippen LogP contribution is -2.47. The Kier molecular flexibility index (Phi) is 3.30. The number of nitrogens with two attached hydrogens (primary N) is 1. The molecule has 0 amide bonds. The Morgan fingerprint density at radius 3 is 1.94 bits per heavy atom. The standard InChI is InChI=1S/C12H24N2O2S/c1-12(2,3)11(13)8-17(15,16)14-9-4-5-10(14)7-6-9/h9-11H,4-8,13H2,1-3H3. The maximum atomic E-state index is 12.4. The van der Waals surface area contributed by atoms with Crippen LogP contribution in [0.2, 0.25) is 0 Å². The van der Waals surface area contributed by atoms with Crippen LogP contribution in [0.15, 0.2) is 0 Å². The number of hydrogen-bond acceptors (Lipinski definition) is 3. The van der Waals surface area contributed by atoms with Gasteiger partial charge in [-0.1, -0.05) is 20.8 Å². The molecule has 2 rings (SSSR count). The lowest BCUT2D eigenvalue weighted by Gasteiger charge is -2.30. The molecule has 0 radical (unpaired) electrons. The van der Waals surface area contributed by atoms with Crippen LogP contribution in [0.4, 0.5) is 0 Å². The molecule has 0 aliphatic carbocycles. The van der Waals surface area contributed by atoms with Gasteiger partial charge in [-0.2, -0.15) is 4.31 Å². The summed E-state index contributed by atoms with van der Waals surface area (Å²) in [4.78, 5) is 0. The van der Waals surface area contributed by atoms with E-state index < -0.39 is 10.0 Å². The zero-order valence-electron chi connectivity index (χ0n) is 11.0. The molecule has 100 valence electrons. The number of fused-ring (bicyclic) bond motifs is 2. The van der Waals surface area contributed by atoms with E-state index in [-0.39, 0.29) is 29.3 Å². The molecule has 4 nitrogen and oxygen atoms in total. The van der Waals surface area contributed by atoms with Gasteiger partial charge in [0.15, 0.2) is 0 Å². The van der Waals surface area contributed by atoms with E-state index in [0.29, 0.717) is 0 Å². The summed E-state index contributed by atoms with van der Waals surface area (Å²) in [5.41, 5.74) is 5.85. The van der Waals surface area contributed by atoms with E-state index in [0.717, 1.165) is 25.7 Å². The second-order valence-corrected chi connectivity index (χ2v) is 8.46. The molecule has 2 aliphatic heterocycles. The van der Waals surface area contributed by atoms with E-state index in [1.165, 1.54) is 0 Å².